The van der Waals surface area contributed by atoms with Crippen molar-refractivity contribution in [3.8, 4) is 11.1 Å². The lowest BCUT2D eigenvalue weighted by molar-refractivity contribution is 1.65. The van der Waals surface area contributed by atoms with Gasteiger partial charge >= 0.3 is 0 Å². The van der Waals surface area contributed by atoms with E-state index >= 15 is 0 Å². The summed E-state index contributed by atoms with van der Waals surface area (Å²) in [6.45, 7) is 0. The Morgan fingerprint density at radius 1 is 0.571 bits per heavy atom. The van der Waals surface area contributed by atoms with E-state index in [1.165, 1.54) is 27.1 Å². The van der Waals surface area contributed by atoms with Gasteiger partial charge in [-0.3, -0.25) is 0 Å². The molecule has 0 aliphatic rings. The second-order valence-electron chi connectivity index (χ2n) is 5.32. The van der Waals surface area contributed by atoms with Crippen LogP contribution in [0, 0.1) is 0 Å². The van der Waals surface area contributed by atoms with Gasteiger partial charge in [0.25, 0.3) is 0 Å². The summed E-state index contributed by atoms with van der Waals surface area (Å²) in [4.78, 5) is 0. The summed E-state index contributed by atoms with van der Waals surface area (Å²) in [5.74, 6) is 0. The molecule has 0 heterocycles. The highest BCUT2D eigenvalue weighted by Gasteiger charge is 2.07. The zero-order valence-electron chi connectivity index (χ0n) is 11.6. The van der Waals surface area contributed by atoms with Gasteiger partial charge in [-0.25, -0.2) is 0 Å². The van der Waals surface area contributed by atoms with Crippen molar-refractivity contribution in [2.75, 3.05) is 5.73 Å². The van der Waals surface area contributed by atoms with E-state index < -0.39 is 0 Å². The Morgan fingerprint density at radius 3 is 2.10 bits per heavy atom. The van der Waals surface area contributed by atoms with Crippen LogP contribution in [0.5, 0.6) is 0 Å². The molecule has 0 bridgehead atoms. The molecule has 0 saturated heterocycles. The molecule has 0 aromatic heterocycles. The Balaban J connectivity index is 2.16. The van der Waals surface area contributed by atoms with E-state index in [2.05, 4.69) is 60.7 Å². The first-order valence-corrected chi connectivity index (χ1v) is 7.09. The molecule has 21 heavy (non-hydrogen) atoms. The van der Waals surface area contributed by atoms with E-state index in [0.717, 1.165) is 11.3 Å². The third-order valence-electron chi connectivity index (χ3n) is 3.97. The third-order valence-corrected chi connectivity index (χ3v) is 3.97. The maximum Gasteiger partial charge on any atom is 0.0320 e. The van der Waals surface area contributed by atoms with Crippen molar-refractivity contribution in [2.24, 2.45) is 0 Å². The first kappa shape index (κ1) is 12.0. The number of fused-ring (bicyclic) bond motifs is 3. The van der Waals surface area contributed by atoms with Gasteiger partial charge < -0.3 is 5.73 Å². The molecule has 0 radical (unpaired) electrons. The van der Waals surface area contributed by atoms with Gasteiger partial charge in [-0.15, -0.1) is 0 Å². The minimum Gasteiger partial charge on any atom is -0.399 e. The van der Waals surface area contributed by atoms with Gasteiger partial charge in [-0.2, -0.15) is 0 Å². The fourth-order valence-electron chi connectivity index (χ4n) is 3.00. The monoisotopic (exact) mass is 269 g/mol. The Kier molecular flexibility index (Phi) is 2.65. The molecule has 0 aliphatic heterocycles. The van der Waals surface area contributed by atoms with E-state index in [4.69, 9.17) is 5.73 Å². The van der Waals surface area contributed by atoms with Gasteiger partial charge in [-0.1, -0.05) is 60.7 Å². The molecule has 100 valence electrons. The predicted octanol–water partition coefficient (Wildman–Crippen LogP) is 5.24. The minimum atomic E-state index is 0.796. The summed E-state index contributed by atoms with van der Waals surface area (Å²) < 4.78 is 0. The minimum absolute atomic E-state index is 0.796. The van der Waals surface area contributed by atoms with E-state index in [1.54, 1.807) is 0 Å². The molecule has 0 amide bonds. The fraction of sp³-hybridized carbons (Fsp3) is 0. The molecule has 4 rings (SSSR count). The molecule has 4 aromatic rings. The van der Waals surface area contributed by atoms with Crippen LogP contribution in [-0.4, -0.2) is 0 Å². The normalized spacial score (nSPS) is 11.0. The second-order valence-corrected chi connectivity index (χ2v) is 5.32. The van der Waals surface area contributed by atoms with Crippen LogP contribution < -0.4 is 5.73 Å². The van der Waals surface area contributed by atoms with E-state index in [-0.39, 0.29) is 0 Å². The number of nitrogen functional groups attached to an aromatic ring is 1. The van der Waals surface area contributed by atoms with Gasteiger partial charge in [0.05, 0.1) is 0 Å². The molecule has 0 fully saturated rings. The molecule has 0 unspecified atom stereocenters. The first-order chi connectivity index (χ1) is 10.3. The topological polar surface area (TPSA) is 26.0 Å². The quantitative estimate of drug-likeness (QED) is 0.371. The Hall–Kier alpha value is -2.80. The summed E-state index contributed by atoms with van der Waals surface area (Å²) >= 11 is 0. The maximum atomic E-state index is 5.95. The zero-order valence-corrected chi connectivity index (χ0v) is 11.6. The summed E-state index contributed by atoms with van der Waals surface area (Å²) in [6, 6.07) is 27.4. The highest BCUT2D eigenvalue weighted by atomic mass is 14.5. The van der Waals surface area contributed by atoms with Crippen LogP contribution in [0.4, 0.5) is 5.69 Å². The van der Waals surface area contributed by atoms with E-state index in [0.29, 0.717) is 0 Å². The average Bonchev–Trinajstić information content (AvgIpc) is 2.54. The highest BCUT2D eigenvalue weighted by molar-refractivity contribution is 6.13. The lowest BCUT2D eigenvalue weighted by Crippen LogP contribution is -1.87. The number of hydrogen-bond donors (Lipinski definition) is 1. The van der Waals surface area contributed by atoms with Crippen molar-refractivity contribution in [1.82, 2.24) is 0 Å². The van der Waals surface area contributed by atoms with Crippen molar-refractivity contribution in [3.63, 3.8) is 0 Å². The predicted molar refractivity (Wildman–Crippen MR) is 91.3 cm³/mol. The fourth-order valence-corrected chi connectivity index (χ4v) is 3.00. The van der Waals surface area contributed by atoms with Crippen molar-refractivity contribution < 1.29 is 0 Å². The van der Waals surface area contributed by atoms with Gasteiger partial charge in [0.1, 0.15) is 0 Å². The largest absolute Gasteiger partial charge is 0.399 e. The summed E-state index contributed by atoms with van der Waals surface area (Å²) in [7, 11) is 0. The highest BCUT2D eigenvalue weighted by Crippen LogP contribution is 2.35. The van der Waals surface area contributed by atoms with Crippen molar-refractivity contribution >= 4 is 27.2 Å². The molecule has 0 spiro atoms. The lowest BCUT2D eigenvalue weighted by atomic mass is 9.93. The first-order valence-electron chi connectivity index (χ1n) is 7.09. The van der Waals surface area contributed by atoms with E-state index in [9.17, 15) is 0 Å². The molecule has 0 aliphatic carbocycles. The average molecular weight is 269 g/mol. The van der Waals surface area contributed by atoms with Crippen molar-refractivity contribution in [2.45, 2.75) is 0 Å². The summed E-state index contributed by atoms with van der Waals surface area (Å²) in [5, 5.41) is 5.10. The van der Waals surface area contributed by atoms with Crippen LogP contribution in [0.3, 0.4) is 0 Å². The van der Waals surface area contributed by atoms with Gasteiger partial charge in [-0.05, 0) is 50.9 Å². The zero-order chi connectivity index (χ0) is 14.2. The Bertz CT molecular complexity index is 954. The van der Waals surface area contributed by atoms with Crippen LogP contribution >= 0.6 is 0 Å². The van der Waals surface area contributed by atoms with Gasteiger partial charge in [0, 0.05) is 5.69 Å². The van der Waals surface area contributed by atoms with Gasteiger partial charge in [0.2, 0.25) is 0 Å². The molecule has 0 atom stereocenters. The standard InChI is InChI=1S/C20H15N/c21-16-8-5-7-14(12-16)20-13-15-6-1-2-9-17(15)18-10-3-4-11-19(18)20/h1-13H,21H2. The third kappa shape index (κ3) is 1.95. The van der Waals surface area contributed by atoms with E-state index in [1.807, 2.05) is 18.2 Å². The Morgan fingerprint density at radius 2 is 1.29 bits per heavy atom. The van der Waals surface area contributed by atoms with Gasteiger partial charge in [0.15, 0.2) is 0 Å². The summed E-state index contributed by atoms with van der Waals surface area (Å²) in [5.41, 5.74) is 9.15. The number of nitrogens with two attached hydrogens (primary N) is 1. The lowest BCUT2D eigenvalue weighted by Gasteiger charge is -2.11. The molecule has 2 N–H and O–H groups in total. The smallest absolute Gasteiger partial charge is 0.0320 e. The Labute approximate surface area is 123 Å². The molecule has 1 heteroatoms. The number of hydrogen-bond acceptors (Lipinski definition) is 1. The molecular formula is C20H15N. The molecule has 4 aromatic carbocycles. The SMILES string of the molecule is Nc1cccc(-c2cc3ccccc3c3ccccc23)c1. The molecule has 1 nitrogen and oxygen atoms in total. The molecule has 0 saturated carbocycles. The molecular weight excluding hydrogens is 254 g/mol. The maximum absolute atomic E-state index is 5.95. The second kappa shape index (κ2) is 4.64. The van der Waals surface area contributed by atoms with Crippen LogP contribution in [0.25, 0.3) is 32.7 Å². The van der Waals surface area contributed by atoms with Crippen LogP contribution in [0.2, 0.25) is 0 Å². The number of rotatable bonds is 1. The van der Waals surface area contributed by atoms with Crippen molar-refractivity contribution in [3.05, 3.63) is 78.9 Å². The summed E-state index contributed by atoms with van der Waals surface area (Å²) in [6.07, 6.45) is 0. The van der Waals surface area contributed by atoms with Crippen LogP contribution in [-0.2, 0) is 0 Å². The number of anilines is 1. The van der Waals surface area contributed by atoms with Crippen molar-refractivity contribution in [1.29, 1.82) is 0 Å². The number of benzene rings is 4. The van der Waals surface area contributed by atoms with Crippen LogP contribution in [0.1, 0.15) is 0 Å². The van der Waals surface area contributed by atoms with Crippen LogP contribution in [0.15, 0.2) is 78.9 Å².